The Morgan fingerprint density at radius 2 is 1.90 bits per heavy atom. The molecule has 2 fully saturated rings. The van der Waals surface area contributed by atoms with E-state index < -0.39 is 40.0 Å². The van der Waals surface area contributed by atoms with Crippen LogP contribution in [0.5, 0.6) is 0 Å². The number of thioether (sulfide) groups is 1. The summed E-state index contributed by atoms with van der Waals surface area (Å²) in [4.78, 5) is 38.7. The number of β-lactam (4-membered cyclic amide) rings is 1. The van der Waals surface area contributed by atoms with Gasteiger partial charge >= 0.3 is 5.97 Å². The molecule has 2 aliphatic rings. The molecule has 2 N–H and O–H groups in total. The minimum Gasteiger partial charge on any atom is -0.480 e. The Balaban J connectivity index is 1.62. The fourth-order valence-electron chi connectivity index (χ4n) is 3.92. The number of aromatic nitrogens is 2. The molecule has 3 atom stereocenters. The molecule has 8 nitrogen and oxygen atoms in total. The van der Waals surface area contributed by atoms with Crippen LogP contribution in [-0.4, -0.2) is 59.8 Å². The SMILES string of the molecule is Cc1cnn(-c2c(Cl)cccc2Cl)c1C(=O)NC1C(=O)N2C1SC(C)(C)C2C(=O)O. The van der Waals surface area contributed by atoms with Crippen LogP contribution in [0.3, 0.4) is 0 Å². The van der Waals surface area contributed by atoms with E-state index in [1.165, 1.54) is 27.5 Å². The van der Waals surface area contributed by atoms with Gasteiger partial charge in [-0.2, -0.15) is 5.10 Å². The Morgan fingerprint density at radius 3 is 2.50 bits per heavy atom. The number of carbonyl (C=O) groups excluding carboxylic acids is 2. The largest absolute Gasteiger partial charge is 0.480 e. The maximum absolute atomic E-state index is 13.1. The molecule has 158 valence electrons. The number of para-hydroxylation sites is 1. The van der Waals surface area contributed by atoms with Crippen LogP contribution in [0.25, 0.3) is 5.69 Å². The molecule has 0 bridgehead atoms. The van der Waals surface area contributed by atoms with Crippen LogP contribution in [0.4, 0.5) is 0 Å². The highest BCUT2D eigenvalue weighted by Crippen LogP contribution is 2.50. The minimum atomic E-state index is -1.06. The number of hydrogen-bond acceptors (Lipinski definition) is 5. The van der Waals surface area contributed by atoms with Crippen molar-refractivity contribution in [3.8, 4) is 5.69 Å². The number of carboxylic acid groups (broad SMARTS) is 1. The van der Waals surface area contributed by atoms with Crippen molar-refractivity contribution in [3.63, 3.8) is 0 Å². The molecule has 0 aliphatic carbocycles. The molecule has 3 unspecified atom stereocenters. The van der Waals surface area contributed by atoms with Crippen LogP contribution in [0, 0.1) is 6.92 Å². The Morgan fingerprint density at radius 1 is 1.27 bits per heavy atom. The lowest BCUT2D eigenvalue weighted by molar-refractivity contribution is -0.159. The lowest BCUT2D eigenvalue weighted by atomic mass is 9.96. The lowest BCUT2D eigenvalue weighted by Gasteiger charge is -2.43. The fraction of sp³-hybridized carbons (Fsp3) is 0.368. The molecule has 2 saturated heterocycles. The van der Waals surface area contributed by atoms with Gasteiger partial charge in [0.05, 0.1) is 16.2 Å². The number of nitrogens with zero attached hydrogens (tertiary/aromatic N) is 3. The third kappa shape index (κ3) is 3.07. The predicted molar refractivity (Wildman–Crippen MR) is 113 cm³/mol. The van der Waals surface area contributed by atoms with Gasteiger partial charge in [-0.3, -0.25) is 9.59 Å². The van der Waals surface area contributed by atoms with Crippen molar-refractivity contribution in [2.24, 2.45) is 0 Å². The Bertz CT molecular complexity index is 1070. The standard InChI is InChI=1S/C19H18Cl2N4O4S/c1-8-7-22-25(13-9(20)5-4-6-10(13)21)12(8)15(26)23-11-16(27)24-14(18(28)29)19(2,3)30-17(11)24/h4-7,11,14,17H,1-3H3,(H,23,26)(H,28,29). The van der Waals surface area contributed by atoms with Gasteiger partial charge in [0.1, 0.15) is 28.8 Å². The van der Waals surface area contributed by atoms with Gasteiger partial charge in [-0.25, -0.2) is 9.48 Å². The summed E-state index contributed by atoms with van der Waals surface area (Å²) in [6.07, 6.45) is 1.51. The molecule has 30 heavy (non-hydrogen) atoms. The first-order chi connectivity index (χ1) is 14.0. The highest BCUT2D eigenvalue weighted by atomic mass is 35.5. The molecule has 0 radical (unpaired) electrons. The van der Waals surface area contributed by atoms with Crippen LogP contribution in [0.1, 0.15) is 29.9 Å². The van der Waals surface area contributed by atoms with E-state index in [4.69, 9.17) is 23.2 Å². The van der Waals surface area contributed by atoms with Crippen molar-refractivity contribution in [1.29, 1.82) is 0 Å². The van der Waals surface area contributed by atoms with E-state index in [1.807, 2.05) is 0 Å². The first-order valence-electron chi connectivity index (χ1n) is 9.07. The number of benzene rings is 1. The smallest absolute Gasteiger partial charge is 0.327 e. The normalized spacial score (nSPS) is 24.4. The third-order valence-electron chi connectivity index (χ3n) is 5.28. The molecule has 0 spiro atoms. The van der Waals surface area contributed by atoms with Crippen molar-refractivity contribution < 1.29 is 19.5 Å². The van der Waals surface area contributed by atoms with Crippen LogP contribution in [-0.2, 0) is 9.59 Å². The molecule has 1 aromatic heterocycles. The number of carboxylic acids is 1. The maximum Gasteiger partial charge on any atom is 0.327 e. The van der Waals surface area contributed by atoms with E-state index in [-0.39, 0.29) is 5.69 Å². The van der Waals surface area contributed by atoms with Crippen molar-refractivity contribution in [2.75, 3.05) is 0 Å². The summed E-state index contributed by atoms with van der Waals surface area (Å²) < 4.78 is 0.677. The molecular formula is C19H18Cl2N4O4S. The van der Waals surface area contributed by atoms with Crippen molar-refractivity contribution in [2.45, 2.75) is 43.0 Å². The molecule has 0 saturated carbocycles. The highest BCUT2D eigenvalue weighted by Gasteiger charge is 2.64. The van der Waals surface area contributed by atoms with Crippen LogP contribution >= 0.6 is 35.0 Å². The number of halogens is 2. The first kappa shape index (κ1) is 21.0. The number of amides is 2. The van der Waals surface area contributed by atoms with Gasteiger partial charge < -0.3 is 15.3 Å². The maximum atomic E-state index is 13.1. The number of fused-ring (bicyclic) bond motifs is 1. The van der Waals surface area contributed by atoms with Gasteiger partial charge in [-0.15, -0.1) is 11.8 Å². The zero-order valence-electron chi connectivity index (χ0n) is 16.2. The number of carbonyl (C=O) groups is 3. The van der Waals surface area contributed by atoms with Gasteiger partial charge in [0.2, 0.25) is 5.91 Å². The summed E-state index contributed by atoms with van der Waals surface area (Å²) in [5.74, 6) is -2.00. The summed E-state index contributed by atoms with van der Waals surface area (Å²) in [6.45, 7) is 5.27. The third-order valence-corrected chi connectivity index (χ3v) is 7.46. The fourth-order valence-corrected chi connectivity index (χ4v) is 6.10. The Hall–Kier alpha value is -2.23. The van der Waals surface area contributed by atoms with E-state index in [9.17, 15) is 19.5 Å². The quantitative estimate of drug-likeness (QED) is 0.668. The van der Waals surface area contributed by atoms with E-state index in [1.54, 1.807) is 39.0 Å². The zero-order chi connectivity index (χ0) is 22.0. The average molecular weight is 469 g/mol. The molecule has 2 aromatic rings. The van der Waals surface area contributed by atoms with E-state index in [0.717, 1.165) is 0 Å². The number of hydrogen-bond donors (Lipinski definition) is 2. The lowest BCUT2D eigenvalue weighted by Crippen LogP contribution is -2.70. The van der Waals surface area contributed by atoms with Crippen molar-refractivity contribution in [1.82, 2.24) is 20.0 Å². The van der Waals surface area contributed by atoms with Gasteiger partial charge in [0.25, 0.3) is 5.91 Å². The molecule has 11 heteroatoms. The van der Waals surface area contributed by atoms with E-state index in [2.05, 4.69) is 10.4 Å². The van der Waals surface area contributed by atoms with Crippen LogP contribution < -0.4 is 5.32 Å². The minimum absolute atomic E-state index is 0.202. The molecule has 4 rings (SSSR count). The van der Waals surface area contributed by atoms with Crippen LogP contribution in [0.15, 0.2) is 24.4 Å². The summed E-state index contributed by atoms with van der Waals surface area (Å²) in [5, 5.41) is 16.7. The number of rotatable bonds is 4. The van der Waals surface area contributed by atoms with Crippen molar-refractivity contribution >= 4 is 52.7 Å². The van der Waals surface area contributed by atoms with Crippen LogP contribution in [0.2, 0.25) is 10.0 Å². The van der Waals surface area contributed by atoms with E-state index in [0.29, 0.717) is 21.3 Å². The first-order valence-corrected chi connectivity index (χ1v) is 10.7. The van der Waals surface area contributed by atoms with Crippen molar-refractivity contribution in [3.05, 3.63) is 45.7 Å². The van der Waals surface area contributed by atoms with E-state index >= 15 is 0 Å². The number of aliphatic carboxylic acids is 1. The molecule has 1 aromatic carbocycles. The number of aryl methyl sites for hydroxylation is 1. The number of nitrogens with one attached hydrogen (secondary N) is 1. The predicted octanol–water partition coefficient (Wildman–Crippen LogP) is 2.73. The second-order valence-electron chi connectivity index (χ2n) is 7.71. The topological polar surface area (TPSA) is 105 Å². The summed E-state index contributed by atoms with van der Waals surface area (Å²) in [5.41, 5.74) is 1.14. The second kappa shape index (κ2) is 7.18. The highest BCUT2D eigenvalue weighted by molar-refractivity contribution is 8.01. The molecular weight excluding hydrogens is 451 g/mol. The zero-order valence-corrected chi connectivity index (χ0v) is 18.5. The van der Waals surface area contributed by atoms with Gasteiger partial charge in [-0.05, 0) is 32.9 Å². The summed E-state index contributed by atoms with van der Waals surface area (Å²) in [7, 11) is 0. The second-order valence-corrected chi connectivity index (χ2v) is 10.3. The average Bonchev–Trinajstić information content (AvgIpc) is 3.14. The van der Waals surface area contributed by atoms with Gasteiger partial charge in [0, 0.05) is 10.3 Å². The Labute approximate surface area is 186 Å². The summed E-state index contributed by atoms with van der Waals surface area (Å²) >= 11 is 13.9. The Kier molecular flexibility index (Phi) is 5.03. The summed E-state index contributed by atoms with van der Waals surface area (Å²) in [6, 6.07) is 3.19. The monoisotopic (exact) mass is 468 g/mol. The molecule has 2 amide bonds. The molecule has 3 heterocycles. The van der Waals surface area contributed by atoms with Gasteiger partial charge in [0.15, 0.2) is 0 Å². The van der Waals surface area contributed by atoms with Gasteiger partial charge in [-0.1, -0.05) is 29.3 Å². The molecule has 2 aliphatic heterocycles.